The van der Waals surface area contributed by atoms with Crippen molar-refractivity contribution in [3.05, 3.63) is 44.1 Å². The van der Waals surface area contributed by atoms with E-state index >= 15 is 0 Å². The molecule has 3 N–H and O–H groups in total. The first kappa shape index (κ1) is 31.9. The van der Waals surface area contributed by atoms with Crippen LogP contribution in [0.1, 0.15) is 24.8 Å². The van der Waals surface area contributed by atoms with E-state index in [0.29, 0.717) is 44.6 Å². The number of phenolic OH excluding ortho intramolecular Hbond substituents is 1. The number of esters is 1. The number of phenols is 1. The average molecular weight is 973 g/mol. The van der Waals surface area contributed by atoms with Crippen LogP contribution in [0.15, 0.2) is 24.3 Å². The van der Waals surface area contributed by atoms with E-state index in [-0.39, 0.29) is 30.4 Å². The lowest BCUT2D eigenvalue weighted by molar-refractivity contribution is -0.145. The number of hydrogen-bond donors (Lipinski definition) is 3. The molecule has 1 aliphatic heterocycles. The van der Waals surface area contributed by atoms with Crippen molar-refractivity contribution in [3.63, 3.8) is 0 Å². The van der Waals surface area contributed by atoms with Gasteiger partial charge in [-0.15, -0.1) is 0 Å². The van der Waals surface area contributed by atoms with Crippen LogP contribution < -0.4 is 15.4 Å². The second-order valence-corrected chi connectivity index (χ2v) is 13.2. The number of methoxy groups -OCH3 is 1. The number of carbonyl (C=O) groups is 3. The van der Waals surface area contributed by atoms with Crippen LogP contribution in [0.5, 0.6) is 17.2 Å². The molecule has 1 aliphatic rings. The lowest BCUT2D eigenvalue weighted by Gasteiger charge is -2.27. The normalized spacial score (nSPS) is 14.1. The Morgan fingerprint density at radius 3 is 2.18 bits per heavy atom. The smallest absolute Gasteiger partial charge is 0.328 e. The second kappa shape index (κ2) is 15.4. The van der Waals surface area contributed by atoms with Crippen LogP contribution in [0, 0.1) is 14.3 Å². The van der Waals surface area contributed by atoms with Gasteiger partial charge in [-0.2, -0.15) is 0 Å². The zero-order valence-electron chi connectivity index (χ0n) is 20.5. The predicted octanol–water partition coefficient (Wildman–Crippen LogP) is 4.41. The monoisotopic (exact) mass is 973 g/mol. The van der Waals surface area contributed by atoms with Crippen LogP contribution in [0.25, 0.3) is 0 Å². The van der Waals surface area contributed by atoms with Gasteiger partial charge in [0.2, 0.25) is 11.8 Å². The molecule has 206 valence electrons. The third kappa shape index (κ3) is 9.18. The maximum absolute atomic E-state index is 12.6. The number of ether oxygens (including phenoxy) is 2. The van der Waals surface area contributed by atoms with Gasteiger partial charge in [-0.05, 0) is 127 Å². The van der Waals surface area contributed by atoms with Crippen LogP contribution in [0.2, 0.25) is 0 Å². The van der Waals surface area contributed by atoms with Gasteiger partial charge in [-0.3, -0.25) is 9.59 Å². The van der Waals surface area contributed by atoms with Crippen molar-refractivity contribution in [3.8, 4) is 17.2 Å². The van der Waals surface area contributed by atoms with E-state index < -0.39 is 12.0 Å². The van der Waals surface area contributed by atoms with Gasteiger partial charge in [0.15, 0.2) is 5.75 Å². The molecule has 13 heteroatoms. The van der Waals surface area contributed by atoms with Crippen LogP contribution >= 0.6 is 90.4 Å². The number of halogens is 4. The molecule has 2 amide bonds. The van der Waals surface area contributed by atoms with Crippen molar-refractivity contribution in [2.24, 2.45) is 0 Å². The first-order chi connectivity index (χ1) is 18.1. The maximum Gasteiger partial charge on any atom is 0.328 e. The highest BCUT2D eigenvalue weighted by Gasteiger charge is 2.24. The molecule has 0 spiro atoms. The average Bonchev–Trinajstić information content (AvgIpc) is 2.88. The Balaban J connectivity index is 1.62. The van der Waals surface area contributed by atoms with Crippen molar-refractivity contribution in [2.45, 2.75) is 31.7 Å². The number of aromatic hydroxyl groups is 1. The van der Waals surface area contributed by atoms with Crippen LogP contribution in [-0.4, -0.2) is 67.1 Å². The van der Waals surface area contributed by atoms with Gasteiger partial charge in [0.25, 0.3) is 0 Å². The lowest BCUT2D eigenvalue weighted by Crippen LogP contribution is -2.46. The molecule has 2 aromatic rings. The van der Waals surface area contributed by atoms with Crippen molar-refractivity contribution in [2.75, 3.05) is 33.3 Å². The summed E-state index contributed by atoms with van der Waals surface area (Å²) < 4.78 is 14.1. The third-order valence-corrected chi connectivity index (χ3v) is 9.04. The van der Waals surface area contributed by atoms with Gasteiger partial charge in [0.05, 0.1) is 21.4 Å². The van der Waals surface area contributed by atoms with Gasteiger partial charge in [-0.1, -0.05) is 0 Å². The molecule has 2 aromatic carbocycles. The number of carbonyl (C=O) groups excluding carboxylic acids is 3. The Kier molecular flexibility index (Phi) is 12.9. The molecule has 9 nitrogen and oxygen atoms in total. The van der Waals surface area contributed by atoms with Crippen LogP contribution in [0.3, 0.4) is 0 Å². The molecule has 0 bridgehead atoms. The Bertz CT molecular complexity index is 1140. The summed E-state index contributed by atoms with van der Waals surface area (Å²) in [4.78, 5) is 39.2. The molecule has 1 atom stereocenters. The number of nitrogens with one attached hydrogen (secondary N) is 2. The molecule has 0 radical (unpaired) electrons. The summed E-state index contributed by atoms with van der Waals surface area (Å²) >= 11 is 8.47. The van der Waals surface area contributed by atoms with Gasteiger partial charge in [-0.25, -0.2) is 4.79 Å². The molecule has 1 saturated heterocycles. The number of hydrogen-bond acceptors (Lipinski definition) is 7. The summed E-state index contributed by atoms with van der Waals surface area (Å²) in [5.74, 6) is 0.714. The molecular weight excluding hydrogens is 946 g/mol. The molecule has 1 fully saturated rings. The zero-order valence-corrected chi connectivity index (χ0v) is 29.1. The van der Waals surface area contributed by atoms with Crippen molar-refractivity contribution < 1.29 is 29.0 Å². The Labute approximate surface area is 276 Å². The van der Waals surface area contributed by atoms with E-state index in [1.165, 1.54) is 7.11 Å². The molecule has 0 aliphatic carbocycles. The largest absolute Gasteiger partial charge is 0.506 e. The van der Waals surface area contributed by atoms with Crippen LogP contribution in [-0.2, 0) is 25.5 Å². The molecule has 0 saturated carbocycles. The number of amides is 2. The highest BCUT2D eigenvalue weighted by molar-refractivity contribution is 14.1. The Morgan fingerprint density at radius 1 is 1.00 bits per heavy atom. The van der Waals surface area contributed by atoms with Crippen molar-refractivity contribution >= 4 is 108 Å². The molecule has 38 heavy (non-hydrogen) atoms. The van der Waals surface area contributed by atoms with Crippen molar-refractivity contribution in [1.82, 2.24) is 15.5 Å². The fraction of sp³-hybridized carbons (Fsp3) is 0.400. The number of rotatable bonds is 10. The van der Waals surface area contributed by atoms with Crippen molar-refractivity contribution in [1.29, 1.82) is 0 Å². The number of piperazine rings is 1. The van der Waals surface area contributed by atoms with Gasteiger partial charge < -0.3 is 30.1 Å². The zero-order chi connectivity index (χ0) is 27.8. The van der Waals surface area contributed by atoms with Gasteiger partial charge >= 0.3 is 5.97 Å². The fourth-order valence-corrected chi connectivity index (χ4v) is 7.69. The predicted molar refractivity (Wildman–Crippen MR) is 176 cm³/mol. The van der Waals surface area contributed by atoms with Crippen LogP contribution in [0.4, 0.5) is 0 Å². The second-order valence-electron chi connectivity index (χ2n) is 8.56. The summed E-state index contributed by atoms with van der Waals surface area (Å²) in [7, 11) is 1.29. The molecular formula is C25H27I4N3O6. The Hall–Kier alpha value is -0.670. The number of benzene rings is 2. The first-order valence-corrected chi connectivity index (χ1v) is 16.1. The van der Waals surface area contributed by atoms with E-state index in [9.17, 15) is 19.5 Å². The van der Waals surface area contributed by atoms with Gasteiger partial charge in [0, 0.05) is 45.4 Å². The van der Waals surface area contributed by atoms with E-state index in [0.717, 1.165) is 25.8 Å². The topological polar surface area (TPSA) is 117 Å². The molecule has 0 aromatic heterocycles. The quantitative estimate of drug-likeness (QED) is 0.239. The fourth-order valence-electron chi connectivity index (χ4n) is 3.86. The first-order valence-electron chi connectivity index (χ1n) is 11.8. The number of nitrogens with zero attached hydrogens (tertiary/aromatic N) is 1. The molecule has 0 unspecified atom stereocenters. The molecule has 3 rings (SSSR count). The highest BCUT2D eigenvalue weighted by atomic mass is 127. The maximum atomic E-state index is 12.6. The third-order valence-electron chi connectivity index (χ3n) is 5.79. The molecule has 1 heterocycles. The minimum atomic E-state index is -0.852. The summed E-state index contributed by atoms with van der Waals surface area (Å²) in [6.07, 6.45) is 1.11. The van der Waals surface area contributed by atoms with E-state index in [2.05, 4.69) is 101 Å². The standard InChI is InChI=1S/C25H27I4N3O6/c1-37-25(36)20(31-21(33)3-2-4-22(34)32-7-5-30-6-8-32)11-14-9-18(28)24(19(29)10-14)38-15-12-16(26)23(35)17(27)13-15/h9-10,12-13,20,30,35H,2-8,11H2,1H3,(H,31,33)/t20-/m0/s1. The summed E-state index contributed by atoms with van der Waals surface area (Å²) in [5, 5.41) is 16.0. The summed E-state index contributed by atoms with van der Waals surface area (Å²) in [6.45, 7) is 2.94. The SMILES string of the molecule is COC(=O)[C@H](Cc1cc(I)c(Oc2cc(I)c(O)c(I)c2)c(I)c1)NC(=O)CCCC(=O)N1CCNCC1. The Morgan fingerprint density at radius 2 is 1.61 bits per heavy atom. The minimum absolute atomic E-state index is 0.0482. The summed E-state index contributed by atoms with van der Waals surface area (Å²) in [6, 6.07) is 6.48. The van der Waals surface area contributed by atoms with E-state index in [1.807, 2.05) is 17.0 Å². The van der Waals surface area contributed by atoms with Gasteiger partial charge in [0.1, 0.15) is 17.5 Å². The summed E-state index contributed by atoms with van der Waals surface area (Å²) in [5.41, 5.74) is 0.839. The van der Waals surface area contributed by atoms with E-state index in [1.54, 1.807) is 12.1 Å². The lowest BCUT2D eigenvalue weighted by atomic mass is 10.1. The highest BCUT2D eigenvalue weighted by Crippen LogP contribution is 2.37. The van der Waals surface area contributed by atoms with E-state index in [4.69, 9.17) is 9.47 Å². The minimum Gasteiger partial charge on any atom is -0.506 e.